The van der Waals surface area contributed by atoms with Crippen molar-refractivity contribution in [1.82, 2.24) is 9.97 Å². The molecule has 0 aliphatic rings. The van der Waals surface area contributed by atoms with Gasteiger partial charge >= 0.3 is 0 Å². The highest BCUT2D eigenvalue weighted by atomic mass is 19.1. The van der Waals surface area contributed by atoms with E-state index in [4.69, 9.17) is 10.5 Å². The number of hydrogen-bond donors (Lipinski definition) is 1. The van der Waals surface area contributed by atoms with Crippen LogP contribution in [0, 0.1) is 5.82 Å². The summed E-state index contributed by atoms with van der Waals surface area (Å²) in [7, 11) is 0. The predicted octanol–water partition coefficient (Wildman–Crippen LogP) is 1.99. The minimum Gasteiger partial charge on any atom is -0.439 e. The Bertz CT molecular complexity index is 461. The van der Waals surface area contributed by atoms with E-state index in [0.717, 1.165) is 0 Å². The summed E-state index contributed by atoms with van der Waals surface area (Å²) >= 11 is 0. The molecule has 0 bridgehead atoms. The number of ether oxygens (including phenoxy) is 1. The number of nitrogens with two attached hydrogens (primary N) is 1. The molecule has 0 aliphatic carbocycles. The zero-order valence-corrected chi connectivity index (χ0v) is 7.72. The van der Waals surface area contributed by atoms with Crippen LogP contribution < -0.4 is 10.5 Å². The fourth-order valence-electron chi connectivity index (χ4n) is 1.03. The molecule has 1 aromatic carbocycles. The summed E-state index contributed by atoms with van der Waals surface area (Å²) in [5.41, 5.74) is 5.41. The van der Waals surface area contributed by atoms with Crippen molar-refractivity contribution in [1.29, 1.82) is 0 Å². The second kappa shape index (κ2) is 3.91. The first-order valence-corrected chi connectivity index (χ1v) is 4.24. The molecule has 4 nitrogen and oxygen atoms in total. The molecule has 0 radical (unpaired) electrons. The van der Waals surface area contributed by atoms with Crippen molar-refractivity contribution in [2.75, 3.05) is 5.73 Å². The quantitative estimate of drug-likeness (QED) is 0.761. The lowest BCUT2D eigenvalue weighted by molar-refractivity contribution is 0.457. The van der Waals surface area contributed by atoms with Gasteiger partial charge in [-0.15, -0.1) is 0 Å². The zero-order chi connectivity index (χ0) is 10.7. The molecular weight excluding hydrogens is 197 g/mol. The summed E-state index contributed by atoms with van der Waals surface area (Å²) < 4.78 is 18.3. The highest BCUT2D eigenvalue weighted by molar-refractivity contribution is 5.44. The molecule has 0 aliphatic heterocycles. The number of anilines is 1. The molecule has 0 spiro atoms. The Kier molecular flexibility index (Phi) is 2.45. The standard InChI is InChI=1S/C10H8FN3O/c11-8-5-7(1-2-9(8)12)15-10-3-4-13-6-14-10/h1-6H,12H2. The SMILES string of the molecule is Nc1ccc(Oc2ccncn2)cc1F. The maximum atomic E-state index is 13.0. The van der Waals surface area contributed by atoms with Gasteiger partial charge in [-0.2, -0.15) is 0 Å². The summed E-state index contributed by atoms with van der Waals surface area (Å²) in [6.45, 7) is 0. The van der Waals surface area contributed by atoms with Crippen molar-refractivity contribution >= 4 is 5.69 Å². The van der Waals surface area contributed by atoms with Gasteiger partial charge in [-0.3, -0.25) is 0 Å². The average Bonchev–Trinajstić information content (AvgIpc) is 2.25. The van der Waals surface area contributed by atoms with Crippen LogP contribution in [0.5, 0.6) is 11.6 Å². The van der Waals surface area contributed by atoms with Gasteiger partial charge in [0.15, 0.2) is 0 Å². The van der Waals surface area contributed by atoms with Crippen LogP contribution >= 0.6 is 0 Å². The van der Waals surface area contributed by atoms with Crippen LogP contribution in [0.2, 0.25) is 0 Å². The number of aromatic nitrogens is 2. The topological polar surface area (TPSA) is 61.0 Å². The van der Waals surface area contributed by atoms with E-state index >= 15 is 0 Å². The Balaban J connectivity index is 2.22. The third-order valence-electron chi connectivity index (χ3n) is 1.75. The second-order valence-electron chi connectivity index (χ2n) is 2.83. The first-order chi connectivity index (χ1) is 7.25. The predicted molar refractivity (Wildman–Crippen MR) is 52.9 cm³/mol. The summed E-state index contributed by atoms with van der Waals surface area (Å²) in [5.74, 6) is 0.191. The van der Waals surface area contributed by atoms with Gasteiger partial charge < -0.3 is 10.5 Å². The fourth-order valence-corrected chi connectivity index (χ4v) is 1.03. The van der Waals surface area contributed by atoms with Crippen molar-refractivity contribution in [3.63, 3.8) is 0 Å². The van der Waals surface area contributed by atoms with E-state index in [2.05, 4.69) is 9.97 Å². The van der Waals surface area contributed by atoms with Crippen LogP contribution in [0.25, 0.3) is 0 Å². The maximum Gasteiger partial charge on any atom is 0.222 e. The van der Waals surface area contributed by atoms with Crippen LogP contribution in [0.3, 0.4) is 0 Å². The van der Waals surface area contributed by atoms with Crippen LogP contribution in [0.4, 0.5) is 10.1 Å². The van der Waals surface area contributed by atoms with E-state index in [1.165, 1.54) is 24.7 Å². The summed E-state index contributed by atoms with van der Waals surface area (Å²) in [6, 6.07) is 5.79. The Morgan fingerprint density at radius 1 is 1.27 bits per heavy atom. The largest absolute Gasteiger partial charge is 0.439 e. The lowest BCUT2D eigenvalue weighted by atomic mass is 10.3. The van der Waals surface area contributed by atoms with Crippen molar-refractivity contribution in [2.24, 2.45) is 0 Å². The molecule has 0 saturated heterocycles. The van der Waals surface area contributed by atoms with Gasteiger partial charge in [-0.25, -0.2) is 14.4 Å². The van der Waals surface area contributed by atoms with Crippen molar-refractivity contribution < 1.29 is 9.13 Å². The number of hydrogen-bond acceptors (Lipinski definition) is 4. The molecule has 1 heterocycles. The van der Waals surface area contributed by atoms with E-state index in [9.17, 15) is 4.39 Å². The lowest BCUT2D eigenvalue weighted by Crippen LogP contribution is -1.92. The Labute approximate surface area is 85.5 Å². The molecule has 0 unspecified atom stereocenters. The van der Waals surface area contributed by atoms with Gasteiger partial charge in [0.1, 0.15) is 17.9 Å². The van der Waals surface area contributed by atoms with Crippen molar-refractivity contribution in [2.45, 2.75) is 0 Å². The highest BCUT2D eigenvalue weighted by Gasteiger charge is 2.02. The molecule has 2 N–H and O–H groups in total. The molecule has 76 valence electrons. The van der Waals surface area contributed by atoms with Gasteiger partial charge in [0.05, 0.1) is 5.69 Å². The molecule has 0 atom stereocenters. The minimum atomic E-state index is -0.512. The summed E-state index contributed by atoms with van der Waals surface area (Å²) in [5, 5.41) is 0. The molecule has 1 aromatic heterocycles. The monoisotopic (exact) mass is 205 g/mol. The first-order valence-electron chi connectivity index (χ1n) is 4.24. The molecule has 0 amide bonds. The molecule has 2 rings (SSSR count). The molecular formula is C10H8FN3O. The average molecular weight is 205 g/mol. The smallest absolute Gasteiger partial charge is 0.222 e. The van der Waals surface area contributed by atoms with Gasteiger partial charge in [-0.1, -0.05) is 0 Å². The maximum absolute atomic E-state index is 13.0. The minimum absolute atomic E-state index is 0.0880. The Morgan fingerprint density at radius 2 is 2.13 bits per heavy atom. The first kappa shape index (κ1) is 9.39. The zero-order valence-electron chi connectivity index (χ0n) is 7.72. The third kappa shape index (κ3) is 2.19. The number of nitrogens with zero attached hydrogens (tertiary/aromatic N) is 2. The second-order valence-corrected chi connectivity index (χ2v) is 2.83. The summed E-state index contributed by atoms with van der Waals surface area (Å²) in [6.07, 6.45) is 2.89. The molecule has 0 fully saturated rings. The van der Waals surface area contributed by atoms with Crippen LogP contribution in [-0.4, -0.2) is 9.97 Å². The molecule has 5 heteroatoms. The van der Waals surface area contributed by atoms with Crippen molar-refractivity contribution in [3.05, 3.63) is 42.6 Å². The van der Waals surface area contributed by atoms with Gasteiger partial charge in [0, 0.05) is 18.3 Å². The molecule has 15 heavy (non-hydrogen) atoms. The summed E-state index contributed by atoms with van der Waals surface area (Å²) in [4.78, 5) is 7.57. The number of benzene rings is 1. The van der Waals surface area contributed by atoms with E-state index in [1.54, 1.807) is 12.1 Å². The number of halogens is 1. The van der Waals surface area contributed by atoms with E-state index in [-0.39, 0.29) is 5.69 Å². The lowest BCUT2D eigenvalue weighted by Gasteiger charge is -2.04. The van der Waals surface area contributed by atoms with Gasteiger partial charge in [0.25, 0.3) is 0 Å². The number of rotatable bonds is 2. The van der Waals surface area contributed by atoms with Gasteiger partial charge in [0.2, 0.25) is 5.88 Å². The normalized spacial score (nSPS) is 9.93. The Hall–Kier alpha value is -2.17. The molecule has 0 saturated carbocycles. The fraction of sp³-hybridized carbons (Fsp3) is 0. The van der Waals surface area contributed by atoms with E-state index in [0.29, 0.717) is 11.6 Å². The Morgan fingerprint density at radius 3 is 2.80 bits per heavy atom. The number of nitrogen functional groups attached to an aromatic ring is 1. The van der Waals surface area contributed by atoms with Gasteiger partial charge in [-0.05, 0) is 12.1 Å². The highest BCUT2D eigenvalue weighted by Crippen LogP contribution is 2.22. The van der Waals surface area contributed by atoms with E-state index < -0.39 is 5.82 Å². The third-order valence-corrected chi connectivity index (χ3v) is 1.75. The van der Waals surface area contributed by atoms with Crippen LogP contribution in [0.15, 0.2) is 36.8 Å². The molecule has 2 aromatic rings. The van der Waals surface area contributed by atoms with Crippen LogP contribution in [0.1, 0.15) is 0 Å². The van der Waals surface area contributed by atoms with E-state index in [1.807, 2.05) is 0 Å². The van der Waals surface area contributed by atoms with Crippen molar-refractivity contribution in [3.8, 4) is 11.6 Å². The van der Waals surface area contributed by atoms with Crippen LogP contribution in [-0.2, 0) is 0 Å².